The fraction of sp³-hybridized carbons (Fsp3) is 0.0698. The van der Waals surface area contributed by atoms with Gasteiger partial charge in [0.1, 0.15) is 11.1 Å². The van der Waals surface area contributed by atoms with Crippen LogP contribution in [0.2, 0.25) is 0 Å². The van der Waals surface area contributed by atoms with E-state index in [1.165, 1.54) is 97.6 Å². The second-order valence-electron chi connectivity index (χ2n) is 14.4. The molecule has 2 aliphatic heterocycles. The standard InChI is InChI=1S/C43H25BN2OS/c1-43(2)28-17-6-3-11-22(28)34-29(43)21-31-36-35(34)25-14-9-16-27-37(25)46(40-24-13-5-8-20-33(24)48-42(27)40)44(36)30-18-10-15-26-38(30)45(31)39-23-12-4-7-19-32(23)47-41(26)39/h3-21H,1-2H3. The predicted molar refractivity (Wildman–Crippen MR) is 202 cm³/mol. The Kier molecular flexibility index (Phi) is 3.99. The molecule has 13 rings (SSSR count). The van der Waals surface area contributed by atoms with Crippen molar-refractivity contribution < 1.29 is 4.42 Å². The number of hydrogen-bond acceptors (Lipinski definition) is 2. The average molecular weight is 629 g/mol. The summed E-state index contributed by atoms with van der Waals surface area (Å²) in [5, 5.41) is 5.04. The Morgan fingerprint density at radius 1 is 0.625 bits per heavy atom. The molecule has 3 aliphatic rings. The van der Waals surface area contributed by atoms with Crippen LogP contribution in [0.25, 0.3) is 92.1 Å². The quantitative estimate of drug-likeness (QED) is 0.153. The molecule has 0 amide bonds. The first kappa shape index (κ1) is 24.6. The van der Waals surface area contributed by atoms with Crippen LogP contribution in [0.4, 0.5) is 0 Å². The van der Waals surface area contributed by atoms with Crippen molar-refractivity contribution in [2.75, 3.05) is 0 Å². The maximum absolute atomic E-state index is 6.74. The molecule has 6 heterocycles. The molecular formula is C43H25BN2OS. The van der Waals surface area contributed by atoms with Crippen LogP contribution in [0.3, 0.4) is 0 Å². The normalized spacial score (nSPS) is 15.0. The fourth-order valence-electron chi connectivity index (χ4n) is 10.0. The summed E-state index contributed by atoms with van der Waals surface area (Å²) in [5.74, 6) is 0. The molecule has 3 nitrogen and oxygen atoms in total. The monoisotopic (exact) mass is 628 g/mol. The number of para-hydroxylation sites is 3. The Labute approximate surface area is 279 Å². The smallest absolute Gasteiger partial charge is 0.333 e. The first-order valence-corrected chi connectivity index (χ1v) is 17.6. The Hall–Kier alpha value is -5.52. The SMILES string of the molecule is CC1(C)c2ccccc2-c2c1cc1c3c2-c2cccc4c5sc6ccccc6c5n(c24)B3c2cccc3c4oc5ccccc5c4n-1c23. The number of thiophene rings is 1. The van der Waals surface area contributed by atoms with Gasteiger partial charge in [0.05, 0.1) is 15.7 Å². The molecule has 0 atom stereocenters. The summed E-state index contributed by atoms with van der Waals surface area (Å²) >= 11 is 1.93. The van der Waals surface area contributed by atoms with Crippen LogP contribution in [-0.4, -0.2) is 15.9 Å². The summed E-state index contributed by atoms with van der Waals surface area (Å²) in [6.45, 7) is 4.84. The lowest BCUT2D eigenvalue weighted by atomic mass is 9.45. The van der Waals surface area contributed by atoms with E-state index >= 15 is 0 Å². The van der Waals surface area contributed by atoms with Gasteiger partial charge in [-0.2, -0.15) is 0 Å². The highest BCUT2D eigenvalue weighted by molar-refractivity contribution is 7.27. The second kappa shape index (κ2) is 7.78. The van der Waals surface area contributed by atoms with Gasteiger partial charge in [-0.05, 0) is 69.1 Å². The van der Waals surface area contributed by atoms with Gasteiger partial charge < -0.3 is 13.5 Å². The first-order chi connectivity index (χ1) is 23.6. The van der Waals surface area contributed by atoms with Crippen molar-refractivity contribution in [3.8, 4) is 27.9 Å². The van der Waals surface area contributed by atoms with E-state index in [-0.39, 0.29) is 12.3 Å². The molecule has 0 N–H and O–H groups in total. The molecule has 10 aromatic rings. The molecule has 0 spiro atoms. The predicted octanol–water partition coefficient (Wildman–Crippen LogP) is 10.1. The highest BCUT2D eigenvalue weighted by atomic mass is 32.1. The van der Waals surface area contributed by atoms with E-state index in [4.69, 9.17) is 4.42 Å². The van der Waals surface area contributed by atoms with E-state index in [1.807, 2.05) is 11.3 Å². The highest BCUT2D eigenvalue weighted by Gasteiger charge is 2.47. The van der Waals surface area contributed by atoms with Crippen molar-refractivity contribution >= 4 is 93.3 Å². The topological polar surface area (TPSA) is 23.0 Å². The van der Waals surface area contributed by atoms with Crippen molar-refractivity contribution in [3.05, 3.63) is 126 Å². The van der Waals surface area contributed by atoms with E-state index in [9.17, 15) is 0 Å². The van der Waals surface area contributed by atoms with E-state index in [1.54, 1.807) is 0 Å². The van der Waals surface area contributed by atoms with Crippen molar-refractivity contribution in [2.45, 2.75) is 19.3 Å². The minimum Gasteiger partial charge on any atom is -0.454 e. The Morgan fingerprint density at radius 2 is 1.38 bits per heavy atom. The van der Waals surface area contributed by atoms with Gasteiger partial charge >= 0.3 is 6.85 Å². The summed E-state index contributed by atoms with van der Waals surface area (Å²) in [4.78, 5) is 0. The van der Waals surface area contributed by atoms with E-state index in [0.29, 0.717) is 0 Å². The number of fused-ring (bicyclic) bond motifs is 18. The maximum atomic E-state index is 6.74. The zero-order valence-electron chi connectivity index (χ0n) is 26.3. The molecule has 222 valence electrons. The summed E-state index contributed by atoms with van der Waals surface area (Å²) in [6.07, 6.45) is 0. The van der Waals surface area contributed by atoms with Gasteiger partial charge in [0.25, 0.3) is 0 Å². The minimum absolute atomic E-state index is 0.0190. The molecule has 5 heteroatoms. The third-order valence-electron chi connectivity index (χ3n) is 11.9. The first-order valence-electron chi connectivity index (χ1n) is 16.8. The summed E-state index contributed by atoms with van der Waals surface area (Å²) in [7, 11) is 0. The number of furan rings is 1. The maximum Gasteiger partial charge on any atom is 0.333 e. The molecule has 6 aromatic carbocycles. The Balaban J connectivity index is 1.34. The number of hydrogen-bond donors (Lipinski definition) is 0. The lowest BCUT2D eigenvalue weighted by Gasteiger charge is -2.36. The molecular weight excluding hydrogens is 603 g/mol. The van der Waals surface area contributed by atoms with Gasteiger partial charge in [0.15, 0.2) is 5.58 Å². The van der Waals surface area contributed by atoms with Crippen LogP contribution < -0.4 is 10.9 Å². The molecule has 1 aliphatic carbocycles. The molecule has 0 saturated carbocycles. The van der Waals surface area contributed by atoms with E-state index in [0.717, 1.165) is 16.6 Å². The lowest BCUT2D eigenvalue weighted by Crippen LogP contribution is -2.55. The molecule has 0 radical (unpaired) electrons. The fourth-order valence-corrected chi connectivity index (χ4v) is 11.2. The largest absolute Gasteiger partial charge is 0.454 e. The van der Waals surface area contributed by atoms with Gasteiger partial charge in [0.2, 0.25) is 0 Å². The van der Waals surface area contributed by atoms with Crippen LogP contribution in [0.1, 0.15) is 25.0 Å². The number of benzene rings is 6. The third-order valence-corrected chi connectivity index (χ3v) is 13.1. The van der Waals surface area contributed by atoms with Gasteiger partial charge in [-0.3, -0.25) is 0 Å². The Bertz CT molecular complexity index is 3170. The van der Waals surface area contributed by atoms with Crippen LogP contribution >= 0.6 is 11.3 Å². The van der Waals surface area contributed by atoms with Gasteiger partial charge in [-0.15, -0.1) is 11.3 Å². The number of aromatic nitrogens is 2. The second-order valence-corrected chi connectivity index (χ2v) is 15.4. The molecule has 48 heavy (non-hydrogen) atoms. The van der Waals surface area contributed by atoms with Gasteiger partial charge in [0, 0.05) is 48.4 Å². The number of nitrogens with zero attached hydrogens (tertiary/aromatic N) is 2. The summed E-state index contributed by atoms with van der Waals surface area (Å²) in [6, 6.07) is 43.1. The molecule has 0 bridgehead atoms. The highest BCUT2D eigenvalue weighted by Crippen LogP contribution is 2.56. The number of rotatable bonds is 0. The minimum atomic E-state index is -0.141. The Morgan fingerprint density at radius 3 is 2.31 bits per heavy atom. The molecule has 4 aromatic heterocycles. The zero-order chi connectivity index (χ0) is 31.2. The van der Waals surface area contributed by atoms with E-state index in [2.05, 4.69) is 138 Å². The van der Waals surface area contributed by atoms with E-state index < -0.39 is 0 Å². The van der Waals surface area contributed by atoms with Gasteiger partial charge in [-0.1, -0.05) is 98.8 Å². The average Bonchev–Trinajstić information content (AvgIpc) is 3.89. The zero-order valence-corrected chi connectivity index (χ0v) is 27.1. The van der Waals surface area contributed by atoms with Crippen LogP contribution in [0.15, 0.2) is 120 Å². The van der Waals surface area contributed by atoms with Crippen molar-refractivity contribution in [1.29, 1.82) is 0 Å². The summed E-state index contributed by atoms with van der Waals surface area (Å²) in [5.41, 5.74) is 19.3. The lowest BCUT2D eigenvalue weighted by molar-refractivity contribution is 0.660. The van der Waals surface area contributed by atoms with Crippen molar-refractivity contribution in [2.24, 2.45) is 0 Å². The molecule has 0 unspecified atom stereocenters. The summed E-state index contributed by atoms with van der Waals surface area (Å²) < 4.78 is 14.7. The van der Waals surface area contributed by atoms with Crippen LogP contribution in [-0.2, 0) is 5.41 Å². The molecule has 0 fully saturated rings. The molecule has 0 saturated heterocycles. The third kappa shape index (κ3) is 2.48. The van der Waals surface area contributed by atoms with Crippen molar-refractivity contribution in [3.63, 3.8) is 0 Å². The van der Waals surface area contributed by atoms with Crippen LogP contribution in [0.5, 0.6) is 0 Å². The van der Waals surface area contributed by atoms with Crippen molar-refractivity contribution in [1.82, 2.24) is 9.05 Å². The van der Waals surface area contributed by atoms with Crippen LogP contribution in [0, 0.1) is 0 Å². The van der Waals surface area contributed by atoms with Gasteiger partial charge in [-0.25, -0.2) is 0 Å².